The highest BCUT2D eigenvalue weighted by molar-refractivity contribution is 6.30. The van der Waals surface area contributed by atoms with Crippen molar-refractivity contribution in [3.05, 3.63) is 59.0 Å². The lowest BCUT2D eigenvalue weighted by molar-refractivity contribution is -0.121. The third-order valence-electron chi connectivity index (χ3n) is 5.44. The first-order chi connectivity index (χ1) is 16.0. The van der Waals surface area contributed by atoms with Crippen molar-refractivity contribution in [3.8, 4) is 11.3 Å². The van der Waals surface area contributed by atoms with Crippen molar-refractivity contribution in [2.24, 2.45) is 5.92 Å². The molecule has 9 heteroatoms. The van der Waals surface area contributed by atoms with Gasteiger partial charge in [0.25, 0.3) is 5.91 Å². The van der Waals surface area contributed by atoms with Crippen LogP contribution in [-0.2, 0) is 11.2 Å². The Kier molecular flexibility index (Phi) is 9.06. The number of amides is 2. The Bertz CT molecular complexity index is 1020. The minimum absolute atomic E-state index is 0.00398. The highest BCUT2D eigenvalue weighted by Gasteiger charge is 2.23. The van der Waals surface area contributed by atoms with Crippen LogP contribution in [0.25, 0.3) is 11.3 Å². The van der Waals surface area contributed by atoms with Gasteiger partial charge in [0.2, 0.25) is 5.91 Å². The van der Waals surface area contributed by atoms with E-state index in [9.17, 15) is 9.59 Å². The van der Waals surface area contributed by atoms with Gasteiger partial charge >= 0.3 is 0 Å². The van der Waals surface area contributed by atoms with E-state index < -0.39 is 0 Å². The third kappa shape index (κ3) is 7.46. The summed E-state index contributed by atoms with van der Waals surface area (Å²) in [5.74, 6) is -0.144. The number of rotatable bonds is 12. The molecule has 0 aliphatic rings. The maximum absolute atomic E-state index is 13.3. The summed E-state index contributed by atoms with van der Waals surface area (Å²) in [5, 5.41) is 17.3. The van der Waals surface area contributed by atoms with Crippen LogP contribution in [-0.4, -0.2) is 56.7 Å². The second-order valence-electron chi connectivity index (χ2n) is 8.31. The molecule has 8 nitrogen and oxygen atoms in total. The van der Waals surface area contributed by atoms with E-state index in [0.29, 0.717) is 35.9 Å². The maximum atomic E-state index is 13.3. The molecule has 0 aliphatic heterocycles. The van der Waals surface area contributed by atoms with Crippen LogP contribution >= 0.6 is 11.6 Å². The van der Waals surface area contributed by atoms with Crippen LogP contribution in [0, 0.1) is 5.92 Å². The van der Waals surface area contributed by atoms with Gasteiger partial charge in [-0.2, -0.15) is 10.2 Å². The number of aromatic amines is 2. The molecule has 0 saturated heterocycles. The van der Waals surface area contributed by atoms with Crippen molar-refractivity contribution in [2.45, 2.75) is 39.5 Å². The fraction of sp³-hybridized carbons (Fsp3) is 0.417. The topological polar surface area (TPSA) is 107 Å². The SMILES string of the molecule is CCCCC(C)CN(CC(=O)NCCc1cn[nH]c1)C(=O)c1cc(-c2ccc(Cl)cc2)n[nH]1. The number of nitrogens with one attached hydrogen (secondary N) is 3. The van der Waals surface area contributed by atoms with E-state index in [2.05, 4.69) is 39.6 Å². The van der Waals surface area contributed by atoms with Gasteiger partial charge < -0.3 is 10.2 Å². The van der Waals surface area contributed by atoms with E-state index in [1.807, 2.05) is 12.1 Å². The summed E-state index contributed by atoms with van der Waals surface area (Å²) in [6.07, 6.45) is 7.39. The highest BCUT2D eigenvalue weighted by atomic mass is 35.5. The molecule has 0 radical (unpaired) electrons. The number of halogens is 1. The van der Waals surface area contributed by atoms with Gasteiger partial charge in [-0.1, -0.05) is 50.4 Å². The van der Waals surface area contributed by atoms with Crippen molar-refractivity contribution in [1.29, 1.82) is 0 Å². The zero-order chi connectivity index (χ0) is 23.6. The number of nitrogens with zero attached hydrogens (tertiary/aromatic N) is 3. The standard InChI is InChI=1S/C24H31ClN6O2/c1-3-4-5-17(2)15-31(16-23(32)26-11-10-18-13-27-28-14-18)24(33)22-12-21(29-30-22)19-6-8-20(25)9-7-19/h6-9,12-14,17H,3-5,10-11,15-16H2,1-2H3,(H,26,32)(H,27,28)(H,29,30). The van der Waals surface area contributed by atoms with Crippen molar-refractivity contribution in [1.82, 2.24) is 30.6 Å². The first-order valence-corrected chi connectivity index (χ1v) is 11.7. The molecule has 0 aliphatic carbocycles. The zero-order valence-electron chi connectivity index (χ0n) is 19.1. The molecule has 2 aromatic heterocycles. The summed E-state index contributed by atoms with van der Waals surface area (Å²) in [6.45, 7) is 5.24. The molecule has 2 amide bonds. The van der Waals surface area contributed by atoms with Gasteiger partial charge in [-0.05, 0) is 42.5 Å². The molecule has 0 fully saturated rings. The second kappa shape index (κ2) is 12.2. The molecule has 33 heavy (non-hydrogen) atoms. The summed E-state index contributed by atoms with van der Waals surface area (Å²) in [6, 6.07) is 8.98. The Morgan fingerprint density at radius 3 is 2.73 bits per heavy atom. The molecular weight excluding hydrogens is 440 g/mol. The van der Waals surface area contributed by atoms with Gasteiger partial charge in [-0.25, -0.2) is 0 Å². The Labute approximate surface area is 199 Å². The van der Waals surface area contributed by atoms with Crippen LogP contribution in [0.1, 0.15) is 49.2 Å². The number of unbranched alkanes of at least 4 members (excludes halogenated alkanes) is 1. The van der Waals surface area contributed by atoms with Gasteiger partial charge in [0.1, 0.15) is 5.69 Å². The average molecular weight is 471 g/mol. The van der Waals surface area contributed by atoms with Gasteiger partial charge in [0, 0.05) is 29.9 Å². The van der Waals surface area contributed by atoms with E-state index in [0.717, 1.165) is 30.4 Å². The van der Waals surface area contributed by atoms with Crippen LogP contribution in [0.3, 0.4) is 0 Å². The molecule has 0 saturated carbocycles. The molecule has 3 aromatic rings. The second-order valence-corrected chi connectivity index (χ2v) is 8.75. The number of aromatic nitrogens is 4. The van der Waals surface area contributed by atoms with E-state index in [1.165, 1.54) is 0 Å². The monoisotopic (exact) mass is 470 g/mol. The molecule has 1 atom stereocenters. The Morgan fingerprint density at radius 1 is 1.24 bits per heavy atom. The Hall–Kier alpha value is -3.13. The van der Waals surface area contributed by atoms with Crippen molar-refractivity contribution < 1.29 is 9.59 Å². The summed E-state index contributed by atoms with van der Waals surface area (Å²) in [7, 11) is 0. The van der Waals surface area contributed by atoms with Crippen LogP contribution in [0.15, 0.2) is 42.7 Å². The van der Waals surface area contributed by atoms with E-state index in [4.69, 9.17) is 11.6 Å². The van der Waals surface area contributed by atoms with Gasteiger partial charge in [-0.3, -0.25) is 19.8 Å². The van der Waals surface area contributed by atoms with Crippen LogP contribution in [0.2, 0.25) is 5.02 Å². The summed E-state index contributed by atoms with van der Waals surface area (Å²) in [4.78, 5) is 27.5. The molecule has 3 rings (SSSR count). The number of hydrogen-bond donors (Lipinski definition) is 3. The number of H-pyrrole nitrogens is 2. The van der Waals surface area contributed by atoms with Gasteiger partial charge in [0.05, 0.1) is 18.4 Å². The minimum Gasteiger partial charge on any atom is -0.354 e. The third-order valence-corrected chi connectivity index (χ3v) is 5.70. The predicted molar refractivity (Wildman–Crippen MR) is 129 cm³/mol. The predicted octanol–water partition coefficient (Wildman–Crippen LogP) is 4.08. The number of benzene rings is 1. The van der Waals surface area contributed by atoms with E-state index in [1.54, 1.807) is 35.5 Å². The quantitative estimate of drug-likeness (QED) is 0.370. The molecule has 3 N–H and O–H groups in total. The normalized spacial score (nSPS) is 11.8. The van der Waals surface area contributed by atoms with Crippen LogP contribution in [0.5, 0.6) is 0 Å². The average Bonchev–Trinajstić information content (AvgIpc) is 3.50. The largest absolute Gasteiger partial charge is 0.354 e. The maximum Gasteiger partial charge on any atom is 0.272 e. The van der Waals surface area contributed by atoms with Gasteiger partial charge in [-0.15, -0.1) is 0 Å². The summed E-state index contributed by atoms with van der Waals surface area (Å²) in [5.41, 5.74) is 2.88. The van der Waals surface area contributed by atoms with E-state index in [-0.39, 0.29) is 24.3 Å². The van der Waals surface area contributed by atoms with Crippen LogP contribution < -0.4 is 5.32 Å². The first kappa shape index (κ1) is 24.5. The first-order valence-electron chi connectivity index (χ1n) is 11.3. The van der Waals surface area contributed by atoms with Crippen LogP contribution in [0.4, 0.5) is 0 Å². The zero-order valence-corrected chi connectivity index (χ0v) is 19.9. The van der Waals surface area contributed by atoms with Gasteiger partial charge in [0.15, 0.2) is 0 Å². The molecule has 1 unspecified atom stereocenters. The van der Waals surface area contributed by atoms with Crippen molar-refractivity contribution >= 4 is 23.4 Å². The summed E-state index contributed by atoms with van der Waals surface area (Å²) < 4.78 is 0. The summed E-state index contributed by atoms with van der Waals surface area (Å²) >= 11 is 5.96. The lowest BCUT2D eigenvalue weighted by atomic mass is 10.0. The fourth-order valence-corrected chi connectivity index (χ4v) is 3.73. The lowest BCUT2D eigenvalue weighted by Gasteiger charge is -2.25. The highest BCUT2D eigenvalue weighted by Crippen LogP contribution is 2.21. The lowest BCUT2D eigenvalue weighted by Crippen LogP contribution is -2.43. The smallest absolute Gasteiger partial charge is 0.272 e. The number of carbonyl (C=O) groups excluding carboxylic acids is 2. The molecule has 0 bridgehead atoms. The molecule has 2 heterocycles. The van der Waals surface area contributed by atoms with Crippen molar-refractivity contribution in [2.75, 3.05) is 19.6 Å². The molecular formula is C24H31ClN6O2. The molecule has 176 valence electrons. The van der Waals surface area contributed by atoms with E-state index >= 15 is 0 Å². The number of carbonyl (C=O) groups is 2. The Balaban J connectivity index is 1.66. The molecule has 1 aromatic carbocycles. The molecule has 0 spiro atoms. The van der Waals surface area contributed by atoms with Crippen molar-refractivity contribution in [3.63, 3.8) is 0 Å². The fourth-order valence-electron chi connectivity index (χ4n) is 3.60. The minimum atomic E-state index is -0.240. The number of hydrogen-bond acceptors (Lipinski definition) is 4. The Morgan fingerprint density at radius 2 is 2.03 bits per heavy atom.